The first-order valence-electron chi connectivity index (χ1n) is 6.11. The minimum atomic E-state index is 0.117. The molecule has 0 radical (unpaired) electrons. The van der Waals surface area contributed by atoms with Crippen molar-refractivity contribution in [3.8, 4) is 0 Å². The summed E-state index contributed by atoms with van der Waals surface area (Å²) in [5.41, 5.74) is 1.02. The summed E-state index contributed by atoms with van der Waals surface area (Å²) in [5.74, 6) is 0.248. The maximum Gasteiger partial charge on any atom is 0.223 e. The van der Waals surface area contributed by atoms with Crippen LogP contribution in [0.2, 0.25) is 0 Å². The summed E-state index contributed by atoms with van der Waals surface area (Å²) in [6.45, 7) is 7.46. The summed E-state index contributed by atoms with van der Waals surface area (Å²) < 4.78 is 2.83. The van der Waals surface area contributed by atoms with Gasteiger partial charge in [0.05, 0.1) is 22.9 Å². The van der Waals surface area contributed by atoms with Crippen molar-refractivity contribution in [3.05, 3.63) is 16.4 Å². The monoisotopic (exact) mass is 301 g/mol. The zero-order chi connectivity index (χ0) is 12.8. The predicted octanol–water partition coefficient (Wildman–Crippen LogP) is 2.72. The number of aromatic nitrogens is 2. The molecule has 1 rings (SSSR count). The molecule has 96 valence electrons. The summed E-state index contributed by atoms with van der Waals surface area (Å²) >= 11 is 3.44. The third kappa shape index (κ3) is 3.56. The van der Waals surface area contributed by atoms with Crippen molar-refractivity contribution in [1.29, 1.82) is 0 Å². The fourth-order valence-corrected chi connectivity index (χ4v) is 2.25. The Labute approximate surface area is 111 Å². The van der Waals surface area contributed by atoms with Gasteiger partial charge in [-0.1, -0.05) is 13.8 Å². The van der Waals surface area contributed by atoms with Crippen LogP contribution < -0.4 is 5.32 Å². The first kappa shape index (κ1) is 14.2. The average Bonchev–Trinajstić information content (AvgIpc) is 2.69. The summed E-state index contributed by atoms with van der Waals surface area (Å²) in [7, 11) is 0. The van der Waals surface area contributed by atoms with Gasteiger partial charge in [0.1, 0.15) is 0 Å². The number of nitrogens with one attached hydrogen (secondary N) is 1. The van der Waals surface area contributed by atoms with Crippen molar-refractivity contribution in [1.82, 2.24) is 15.1 Å². The molecule has 1 amide bonds. The number of hydrogen-bond acceptors (Lipinski definition) is 2. The average molecular weight is 302 g/mol. The van der Waals surface area contributed by atoms with Gasteiger partial charge in [0.25, 0.3) is 0 Å². The van der Waals surface area contributed by atoms with E-state index < -0.39 is 0 Å². The summed E-state index contributed by atoms with van der Waals surface area (Å²) in [6.07, 6.45) is 3.54. The van der Waals surface area contributed by atoms with E-state index in [0.717, 1.165) is 29.6 Å². The van der Waals surface area contributed by atoms with Crippen molar-refractivity contribution in [2.45, 2.75) is 46.7 Å². The van der Waals surface area contributed by atoms with Gasteiger partial charge in [0, 0.05) is 12.5 Å². The van der Waals surface area contributed by atoms with Crippen LogP contribution in [-0.4, -0.2) is 15.7 Å². The van der Waals surface area contributed by atoms with E-state index in [-0.39, 0.29) is 11.8 Å². The number of carbonyl (C=O) groups is 1. The molecule has 0 spiro atoms. The number of rotatable bonds is 6. The van der Waals surface area contributed by atoms with Gasteiger partial charge >= 0.3 is 0 Å². The Morgan fingerprint density at radius 1 is 1.47 bits per heavy atom. The molecule has 17 heavy (non-hydrogen) atoms. The van der Waals surface area contributed by atoms with Crippen LogP contribution in [0.15, 0.2) is 10.7 Å². The highest BCUT2D eigenvalue weighted by Gasteiger charge is 2.15. The molecule has 0 bridgehead atoms. The Morgan fingerprint density at radius 3 is 2.65 bits per heavy atom. The second kappa shape index (κ2) is 6.79. The van der Waals surface area contributed by atoms with Crippen molar-refractivity contribution < 1.29 is 4.79 Å². The van der Waals surface area contributed by atoms with Gasteiger partial charge in [0.2, 0.25) is 5.91 Å². The topological polar surface area (TPSA) is 46.9 Å². The fourth-order valence-electron chi connectivity index (χ4n) is 1.81. The van der Waals surface area contributed by atoms with Gasteiger partial charge in [-0.25, -0.2) is 0 Å². The number of nitrogens with zero attached hydrogens (tertiary/aromatic N) is 2. The Morgan fingerprint density at radius 2 is 2.12 bits per heavy atom. The molecule has 0 unspecified atom stereocenters. The molecule has 0 fully saturated rings. The molecule has 1 N–H and O–H groups in total. The first-order valence-corrected chi connectivity index (χ1v) is 6.91. The van der Waals surface area contributed by atoms with E-state index in [1.54, 1.807) is 6.20 Å². The fraction of sp³-hybridized carbons (Fsp3) is 0.667. The Balaban J connectivity index is 2.61. The maximum absolute atomic E-state index is 11.9. The Kier molecular flexibility index (Phi) is 5.68. The number of carbonyl (C=O) groups excluding carboxylic acids is 1. The zero-order valence-corrected chi connectivity index (χ0v) is 12.2. The van der Waals surface area contributed by atoms with Gasteiger partial charge in [-0.3, -0.25) is 9.48 Å². The van der Waals surface area contributed by atoms with Crippen molar-refractivity contribution >= 4 is 21.8 Å². The summed E-state index contributed by atoms with van der Waals surface area (Å²) in [5, 5.41) is 7.19. The maximum atomic E-state index is 11.9. The van der Waals surface area contributed by atoms with Crippen LogP contribution in [0.25, 0.3) is 0 Å². The predicted molar refractivity (Wildman–Crippen MR) is 71.5 cm³/mol. The van der Waals surface area contributed by atoms with E-state index in [4.69, 9.17) is 0 Å². The van der Waals surface area contributed by atoms with Crippen molar-refractivity contribution in [2.24, 2.45) is 5.92 Å². The van der Waals surface area contributed by atoms with E-state index in [1.165, 1.54) is 0 Å². The lowest BCUT2D eigenvalue weighted by molar-refractivity contribution is -0.125. The highest BCUT2D eigenvalue weighted by molar-refractivity contribution is 9.10. The normalized spacial score (nSPS) is 10.9. The van der Waals surface area contributed by atoms with E-state index in [0.29, 0.717) is 6.54 Å². The molecule has 0 aliphatic rings. The number of amides is 1. The summed E-state index contributed by atoms with van der Waals surface area (Å²) in [4.78, 5) is 11.9. The minimum Gasteiger partial charge on any atom is -0.350 e. The van der Waals surface area contributed by atoms with Gasteiger partial charge in [0.15, 0.2) is 0 Å². The molecule has 0 saturated heterocycles. The van der Waals surface area contributed by atoms with Crippen LogP contribution in [0.4, 0.5) is 0 Å². The van der Waals surface area contributed by atoms with Crippen molar-refractivity contribution in [2.75, 3.05) is 0 Å². The molecule has 1 aromatic heterocycles. The van der Waals surface area contributed by atoms with Crippen LogP contribution in [-0.2, 0) is 17.9 Å². The van der Waals surface area contributed by atoms with E-state index in [9.17, 15) is 4.79 Å². The molecule has 0 atom stereocenters. The third-order valence-electron chi connectivity index (χ3n) is 2.98. The second-order valence-electron chi connectivity index (χ2n) is 3.99. The van der Waals surface area contributed by atoms with Crippen LogP contribution >= 0.6 is 15.9 Å². The molecular weight excluding hydrogens is 282 g/mol. The molecule has 4 nitrogen and oxygen atoms in total. The number of aryl methyl sites for hydroxylation is 1. The first-order chi connectivity index (χ1) is 8.13. The minimum absolute atomic E-state index is 0.117. The van der Waals surface area contributed by atoms with Gasteiger partial charge in [-0.05, 0) is 35.7 Å². The van der Waals surface area contributed by atoms with E-state index in [1.807, 2.05) is 25.5 Å². The lowest BCUT2D eigenvalue weighted by Gasteiger charge is -2.13. The molecule has 1 aromatic rings. The summed E-state index contributed by atoms with van der Waals surface area (Å²) in [6, 6.07) is 0. The van der Waals surface area contributed by atoms with Crippen LogP contribution in [0.1, 0.15) is 39.3 Å². The smallest absolute Gasteiger partial charge is 0.223 e. The molecule has 5 heteroatoms. The Bertz CT molecular complexity index is 372. The van der Waals surface area contributed by atoms with E-state index in [2.05, 4.69) is 26.3 Å². The lowest BCUT2D eigenvalue weighted by atomic mass is 10.0. The SMILES string of the molecule is CCC(CC)C(=O)NCc1c(Br)cnn1CC. The standard InChI is InChI=1S/C12H20BrN3O/c1-4-9(5-2)12(17)14-8-11-10(13)7-15-16(11)6-3/h7,9H,4-6,8H2,1-3H3,(H,14,17). The highest BCUT2D eigenvalue weighted by Crippen LogP contribution is 2.16. The van der Waals surface area contributed by atoms with Gasteiger partial charge < -0.3 is 5.32 Å². The second-order valence-corrected chi connectivity index (χ2v) is 4.84. The Hall–Kier alpha value is -0.840. The zero-order valence-electron chi connectivity index (χ0n) is 10.7. The largest absolute Gasteiger partial charge is 0.350 e. The number of halogens is 1. The van der Waals surface area contributed by atoms with Crippen LogP contribution in [0, 0.1) is 5.92 Å². The number of hydrogen-bond donors (Lipinski definition) is 1. The van der Waals surface area contributed by atoms with Crippen LogP contribution in [0.3, 0.4) is 0 Å². The van der Waals surface area contributed by atoms with E-state index >= 15 is 0 Å². The van der Waals surface area contributed by atoms with Gasteiger partial charge in [-0.15, -0.1) is 0 Å². The highest BCUT2D eigenvalue weighted by atomic mass is 79.9. The third-order valence-corrected chi connectivity index (χ3v) is 3.65. The molecule has 0 aliphatic carbocycles. The van der Waals surface area contributed by atoms with Crippen molar-refractivity contribution in [3.63, 3.8) is 0 Å². The van der Waals surface area contributed by atoms with Crippen LogP contribution in [0.5, 0.6) is 0 Å². The lowest BCUT2D eigenvalue weighted by Crippen LogP contribution is -2.30. The quantitative estimate of drug-likeness (QED) is 0.878. The molecule has 0 aliphatic heterocycles. The molecule has 1 heterocycles. The molecular formula is C12H20BrN3O. The molecule has 0 saturated carbocycles. The molecule has 0 aromatic carbocycles. The van der Waals surface area contributed by atoms with Gasteiger partial charge in [-0.2, -0.15) is 5.10 Å².